The summed E-state index contributed by atoms with van der Waals surface area (Å²) in [7, 11) is 3.00. The molecule has 0 aliphatic rings. The Balaban J connectivity index is 2.54. The van der Waals surface area contributed by atoms with Crippen LogP contribution >= 0.6 is 0 Å². The lowest BCUT2D eigenvalue weighted by atomic mass is 10.5. The monoisotopic (exact) mass is 241 g/mol. The lowest BCUT2D eigenvalue weighted by molar-refractivity contribution is 0.249. The molecule has 1 aromatic rings. The summed E-state index contributed by atoms with van der Waals surface area (Å²) in [6, 6.07) is 0.989. The van der Waals surface area contributed by atoms with Crippen LogP contribution in [-0.2, 0) is 0 Å². The van der Waals surface area contributed by atoms with Crippen molar-refractivity contribution in [2.45, 2.75) is 0 Å². The molecule has 0 unspecified atom stereocenters. The number of aromatic nitrogens is 2. The molecule has 0 atom stereocenters. The summed E-state index contributed by atoms with van der Waals surface area (Å²) >= 11 is 0. The van der Waals surface area contributed by atoms with Crippen molar-refractivity contribution in [3.63, 3.8) is 0 Å². The number of primary amides is 1. The van der Waals surface area contributed by atoms with E-state index in [4.69, 9.17) is 15.2 Å². The molecule has 8 heteroatoms. The second-order valence-electron chi connectivity index (χ2n) is 2.99. The Morgan fingerprint density at radius 2 is 1.88 bits per heavy atom. The molecule has 4 N–H and O–H groups in total. The number of nitrogens with one attached hydrogen (secondary N) is 2. The molecule has 0 radical (unpaired) electrons. The Morgan fingerprint density at radius 1 is 1.29 bits per heavy atom. The smallest absolute Gasteiger partial charge is 0.312 e. The topological polar surface area (TPSA) is 111 Å². The van der Waals surface area contributed by atoms with Crippen molar-refractivity contribution < 1.29 is 14.3 Å². The highest BCUT2D eigenvalue weighted by Gasteiger charge is 2.04. The van der Waals surface area contributed by atoms with E-state index in [2.05, 4.69) is 20.6 Å². The predicted molar refractivity (Wildman–Crippen MR) is 61.2 cm³/mol. The number of methoxy groups -OCH3 is 2. The van der Waals surface area contributed by atoms with E-state index in [1.807, 2.05) is 0 Å². The summed E-state index contributed by atoms with van der Waals surface area (Å²) in [5.74, 6) is 1.14. The van der Waals surface area contributed by atoms with E-state index in [1.165, 1.54) is 14.2 Å². The van der Waals surface area contributed by atoms with Crippen LogP contribution in [0.1, 0.15) is 0 Å². The third-order valence-corrected chi connectivity index (χ3v) is 1.80. The molecule has 0 bridgehead atoms. The number of carbonyl (C=O) groups is 1. The summed E-state index contributed by atoms with van der Waals surface area (Å²) in [5.41, 5.74) is 4.91. The molecule has 17 heavy (non-hydrogen) atoms. The number of ether oxygens (including phenoxy) is 2. The van der Waals surface area contributed by atoms with Crippen molar-refractivity contribution in [3.8, 4) is 11.8 Å². The van der Waals surface area contributed by atoms with Crippen molar-refractivity contribution in [2.75, 3.05) is 32.6 Å². The minimum atomic E-state index is -0.573. The number of hydrogen-bond donors (Lipinski definition) is 3. The molecule has 0 aliphatic carbocycles. The van der Waals surface area contributed by atoms with Crippen LogP contribution in [0.5, 0.6) is 11.8 Å². The van der Waals surface area contributed by atoms with Gasteiger partial charge >= 0.3 is 6.03 Å². The average Bonchev–Trinajstić information content (AvgIpc) is 2.34. The molecule has 0 aromatic carbocycles. The quantitative estimate of drug-likeness (QED) is 0.583. The Kier molecular flexibility index (Phi) is 4.79. The molecular formula is C9H15N5O3. The van der Waals surface area contributed by atoms with Crippen molar-refractivity contribution in [2.24, 2.45) is 5.73 Å². The largest absolute Gasteiger partial charge is 0.481 e. The van der Waals surface area contributed by atoms with E-state index in [1.54, 1.807) is 6.07 Å². The Hall–Kier alpha value is -2.25. The van der Waals surface area contributed by atoms with Gasteiger partial charge in [-0.25, -0.2) is 4.79 Å². The fraction of sp³-hybridized carbons (Fsp3) is 0.444. The number of amides is 2. The van der Waals surface area contributed by atoms with Gasteiger partial charge in [-0.15, -0.1) is 0 Å². The van der Waals surface area contributed by atoms with Crippen molar-refractivity contribution in [1.82, 2.24) is 15.3 Å². The highest BCUT2D eigenvalue weighted by Crippen LogP contribution is 2.16. The first-order valence-electron chi connectivity index (χ1n) is 4.90. The maximum absolute atomic E-state index is 10.4. The van der Waals surface area contributed by atoms with Gasteiger partial charge in [-0.2, -0.15) is 9.97 Å². The SMILES string of the molecule is COc1cc(OC)nc(NCCNC(N)=O)n1. The average molecular weight is 241 g/mol. The molecule has 2 amide bonds. The van der Waals surface area contributed by atoms with Gasteiger partial charge in [0.2, 0.25) is 17.7 Å². The summed E-state index contributed by atoms with van der Waals surface area (Å²) < 4.78 is 9.96. The Labute approximate surface area is 98.5 Å². The molecule has 1 rings (SSSR count). The maximum atomic E-state index is 10.4. The maximum Gasteiger partial charge on any atom is 0.312 e. The minimum absolute atomic E-state index is 0.354. The highest BCUT2D eigenvalue weighted by atomic mass is 16.5. The summed E-state index contributed by atoms with van der Waals surface area (Å²) in [4.78, 5) is 18.5. The zero-order valence-electron chi connectivity index (χ0n) is 9.69. The van der Waals surface area contributed by atoms with Crippen LogP contribution in [0.3, 0.4) is 0 Å². The zero-order valence-corrected chi connectivity index (χ0v) is 9.69. The van der Waals surface area contributed by atoms with Gasteiger partial charge in [0, 0.05) is 13.1 Å². The zero-order chi connectivity index (χ0) is 12.7. The first-order chi connectivity index (χ1) is 8.15. The van der Waals surface area contributed by atoms with E-state index in [0.717, 1.165) is 0 Å². The molecular weight excluding hydrogens is 226 g/mol. The number of nitrogens with two attached hydrogens (primary N) is 1. The fourth-order valence-electron chi connectivity index (χ4n) is 1.05. The van der Waals surface area contributed by atoms with E-state index >= 15 is 0 Å². The molecule has 0 spiro atoms. The molecule has 0 fully saturated rings. The normalized spacial score (nSPS) is 9.53. The third kappa shape index (κ3) is 4.41. The molecule has 1 heterocycles. The van der Waals surface area contributed by atoms with Crippen LogP contribution in [0, 0.1) is 0 Å². The number of hydrogen-bond acceptors (Lipinski definition) is 6. The van der Waals surface area contributed by atoms with E-state index in [-0.39, 0.29) is 0 Å². The van der Waals surface area contributed by atoms with Crippen LogP contribution in [0.25, 0.3) is 0 Å². The number of nitrogens with zero attached hydrogens (tertiary/aromatic N) is 2. The minimum Gasteiger partial charge on any atom is -0.481 e. The predicted octanol–water partition coefficient (Wildman–Crippen LogP) is -0.426. The Morgan fingerprint density at radius 3 is 2.35 bits per heavy atom. The second-order valence-corrected chi connectivity index (χ2v) is 2.99. The highest BCUT2D eigenvalue weighted by molar-refractivity contribution is 5.71. The van der Waals surface area contributed by atoms with Gasteiger partial charge in [0.25, 0.3) is 0 Å². The van der Waals surface area contributed by atoms with Gasteiger partial charge in [-0.3, -0.25) is 0 Å². The molecule has 0 aliphatic heterocycles. The molecule has 8 nitrogen and oxygen atoms in total. The summed E-state index contributed by atoms with van der Waals surface area (Å²) in [6.45, 7) is 0.817. The van der Waals surface area contributed by atoms with Gasteiger partial charge in [-0.1, -0.05) is 0 Å². The van der Waals surface area contributed by atoms with Crippen molar-refractivity contribution in [3.05, 3.63) is 6.07 Å². The number of carbonyl (C=O) groups excluding carboxylic acids is 1. The first kappa shape index (κ1) is 12.8. The van der Waals surface area contributed by atoms with Gasteiger partial charge in [0.15, 0.2) is 0 Å². The van der Waals surface area contributed by atoms with E-state index in [0.29, 0.717) is 30.8 Å². The molecule has 94 valence electrons. The molecule has 0 saturated carbocycles. The first-order valence-corrected chi connectivity index (χ1v) is 4.90. The number of rotatable bonds is 6. The standard InChI is InChI=1S/C9H15N5O3/c1-16-6-5-7(17-2)14-9(13-6)12-4-3-11-8(10)15/h5H,3-4H2,1-2H3,(H3,10,11,15)(H,12,13,14). The summed E-state index contributed by atoms with van der Waals surface area (Å²) in [6.07, 6.45) is 0. The number of urea groups is 1. The Bertz CT molecular complexity index is 363. The van der Waals surface area contributed by atoms with Gasteiger partial charge < -0.3 is 25.8 Å². The van der Waals surface area contributed by atoms with Gasteiger partial charge in [0.1, 0.15) is 0 Å². The van der Waals surface area contributed by atoms with Crippen LogP contribution in [0.2, 0.25) is 0 Å². The van der Waals surface area contributed by atoms with E-state index in [9.17, 15) is 4.79 Å². The van der Waals surface area contributed by atoms with Crippen LogP contribution in [0.15, 0.2) is 6.07 Å². The lowest BCUT2D eigenvalue weighted by Crippen LogP contribution is -2.33. The summed E-state index contributed by atoms with van der Waals surface area (Å²) in [5, 5.41) is 5.33. The molecule has 0 saturated heterocycles. The fourth-order valence-corrected chi connectivity index (χ4v) is 1.05. The number of anilines is 1. The molecule has 1 aromatic heterocycles. The second kappa shape index (κ2) is 6.36. The third-order valence-electron chi connectivity index (χ3n) is 1.80. The lowest BCUT2D eigenvalue weighted by Gasteiger charge is -2.08. The van der Waals surface area contributed by atoms with Crippen LogP contribution in [0.4, 0.5) is 10.7 Å². The van der Waals surface area contributed by atoms with Crippen LogP contribution in [-0.4, -0.2) is 43.3 Å². The van der Waals surface area contributed by atoms with E-state index < -0.39 is 6.03 Å². The van der Waals surface area contributed by atoms with Crippen molar-refractivity contribution in [1.29, 1.82) is 0 Å². The van der Waals surface area contributed by atoms with Crippen molar-refractivity contribution >= 4 is 12.0 Å². The van der Waals surface area contributed by atoms with Gasteiger partial charge in [-0.05, 0) is 0 Å². The van der Waals surface area contributed by atoms with Gasteiger partial charge in [0.05, 0.1) is 20.3 Å². The van der Waals surface area contributed by atoms with Crippen LogP contribution < -0.4 is 25.8 Å².